The summed E-state index contributed by atoms with van der Waals surface area (Å²) in [7, 11) is 1.88. The average Bonchev–Trinajstić information content (AvgIpc) is 3.21. The first-order chi connectivity index (χ1) is 11.6. The molecule has 1 atom stereocenters. The third-order valence-corrected chi connectivity index (χ3v) is 4.58. The van der Waals surface area contributed by atoms with Gasteiger partial charge in [0.1, 0.15) is 6.04 Å². The summed E-state index contributed by atoms with van der Waals surface area (Å²) in [5, 5.41) is 6.69. The monoisotopic (exact) mass is 344 g/mol. The Hall–Kier alpha value is -2.87. The third kappa shape index (κ3) is 3.23. The number of aryl methyl sites for hydroxylation is 1. The molecule has 1 aromatic carbocycles. The number of para-hydroxylation sites is 1. The van der Waals surface area contributed by atoms with E-state index in [0.717, 1.165) is 10.2 Å². The number of aromatic nitrogens is 1. The van der Waals surface area contributed by atoms with Crippen LogP contribution in [-0.4, -0.2) is 22.4 Å². The van der Waals surface area contributed by atoms with Gasteiger partial charge in [-0.2, -0.15) is 0 Å². The number of carbonyl (C=O) groups excluding carboxylic acids is 2. The maximum absolute atomic E-state index is 12.1. The number of hydrogen-bond donors (Lipinski definition) is 2. The van der Waals surface area contributed by atoms with Crippen LogP contribution in [0.2, 0.25) is 0 Å². The minimum absolute atomic E-state index is 0.155. The molecule has 7 nitrogen and oxygen atoms in total. The maximum atomic E-state index is 12.1. The summed E-state index contributed by atoms with van der Waals surface area (Å²) in [5.41, 5.74) is 3.52. The molecule has 1 unspecified atom stereocenters. The Morgan fingerprint density at radius 1 is 1.25 bits per heavy atom. The molecule has 0 bridgehead atoms. The molecule has 124 valence electrons. The van der Waals surface area contributed by atoms with Crippen molar-refractivity contribution in [2.45, 2.75) is 13.0 Å². The fourth-order valence-corrected chi connectivity index (χ4v) is 3.11. The van der Waals surface area contributed by atoms with Crippen LogP contribution in [0, 0.1) is 0 Å². The molecule has 2 heterocycles. The van der Waals surface area contributed by atoms with Gasteiger partial charge in [-0.05, 0) is 31.2 Å². The summed E-state index contributed by atoms with van der Waals surface area (Å²) in [4.78, 5) is 24.6. The summed E-state index contributed by atoms with van der Waals surface area (Å²) in [6.07, 6.45) is 1.40. The molecule has 8 heteroatoms. The zero-order valence-corrected chi connectivity index (χ0v) is 14.0. The van der Waals surface area contributed by atoms with Crippen LogP contribution in [0.3, 0.4) is 0 Å². The zero-order valence-electron chi connectivity index (χ0n) is 13.1. The van der Waals surface area contributed by atoms with Crippen molar-refractivity contribution in [1.82, 2.24) is 15.3 Å². The van der Waals surface area contributed by atoms with Crippen LogP contribution >= 0.6 is 11.3 Å². The van der Waals surface area contributed by atoms with Gasteiger partial charge in [0, 0.05) is 7.05 Å². The Kier molecular flexibility index (Phi) is 4.48. The Labute approximate surface area is 141 Å². The number of nitrogens with zero attached hydrogens (tertiary/aromatic N) is 2. The predicted molar refractivity (Wildman–Crippen MR) is 90.1 cm³/mol. The van der Waals surface area contributed by atoms with Gasteiger partial charge in [0.15, 0.2) is 5.76 Å². The molecule has 0 spiro atoms. The molecule has 3 rings (SSSR count). The smallest absolute Gasteiger partial charge is 0.287 e. The molecule has 0 radical (unpaired) electrons. The molecule has 2 aromatic heterocycles. The standard InChI is InChI=1S/C16H16N4O3S/c1-10(17-15(22)12-7-5-9-23-12)14(21)18-19-16-20(2)11-6-3-4-8-13(11)24-16/h3-10H,1-2H3,(H,17,22)(H,18,21). The number of thiazole rings is 1. The Morgan fingerprint density at radius 2 is 2.04 bits per heavy atom. The molecule has 0 aliphatic carbocycles. The zero-order chi connectivity index (χ0) is 17.1. The van der Waals surface area contributed by atoms with Crippen LogP contribution in [0.1, 0.15) is 17.5 Å². The van der Waals surface area contributed by atoms with Crippen LogP contribution < -0.4 is 15.5 Å². The molecule has 24 heavy (non-hydrogen) atoms. The second kappa shape index (κ2) is 6.71. The van der Waals surface area contributed by atoms with E-state index in [1.165, 1.54) is 23.7 Å². The van der Waals surface area contributed by atoms with Crippen molar-refractivity contribution in [3.63, 3.8) is 0 Å². The van der Waals surface area contributed by atoms with Crippen LogP contribution in [-0.2, 0) is 11.8 Å². The summed E-state index contributed by atoms with van der Waals surface area (Å²) in [5.74, 6) is -0.704. The van der Waals surface area contributed by atoms with Gasteiger partial charge in [-0.1, -0.05) is 23.5 Å². The number of nitrogens with one attached hydrogen (secondary N) is 2. The molecule has 2 amide bonds. The van der Waals surface area contributed by atoms with Crippen molar-refractivity contribution in [3.8, 4) is 0 Å². The fraction of sp³-hybridized carbons (Fsp3) is 0.188. The van der Waals surface area contributed by atoms with Crippen molar-refractivity contribution in [2.24, 2.45) is 12.1 Å². The lowest BCUT2D eigenvalue weighted by Crippen LogP contribution is -2.43. The SMILES string of the molecule is CC(NC(=O)c1ccco1)C(=O)NN=c1sc2ccccc2n1C. The van der Waals surface area contributed by atoms with E-state index in [0.29, 0.717) is 4.80 Å². The lowest BCUT2D eigenvalue weighted by atomic mass is 10.3. The largest absolute Gasteiger partial charge is 0.459 e. The van der Waals surface area contributed by atoms with Gasteiger partial charge < -0.3 is 14.3 Å². The van der Waals surface area contributed by atoms with E-state index >= 15 is 0 Å². The molecule has 0 aliphatic heterocycles. The molecule has 2 N–H and O–H groups in total. The highest BCUT2D eigenvalue weighted by molar-refractivity contribution is 7.16. The van der Waals surface area contributed by atoms with Crippen LogP contribution in [0.25, 0.3) is 10.2 Å². The molecule has 0 aliphatic rings. The second-order valence-electron chi connectivity index (χ2n) is 5.17. The minimum atomic E-state index is -0.744. The highest BCUT2D eigenvalue weighted by Crippen LogP contribution is 2.14. The number of benzene rings is 1. The van der Waals surface area contributed by atoms with Crippen LogP contribution in [0.4, 0.5) is 0 Å². The fourth-order valence-electron chi connectivity index (χ4n) is 2.13. The Bertz CT molecular complexity index is 940. The first kappa shape index (κ1) is 16.0. The molecular weight excluding hydrogens is 328 g/mol. The van der Waals surface area contributed by atoms with Crippen molar-refractivity contribution in [2.75, 3.05) is 0 Å². The lowest BCUT2D eigenvalue weighted by molar-refractivity contribution is -0.122. The lowest BCUT2D eigenvalue weighted by Gasteiger charge is -2.10. The molecule has 3 aromatic rings. The van der Waals surface area contributed by atoms with Crippen molar-refractivity contribution in [1.29, 1.82) is 0 Å². The highest BCUT2D eigenvalue weighted by atomic mass is 32.1. The van der Waals surface area contributed by atoms with Crippen LogP contribution in [0.15, 0.2) is 52.2 Å². The van der Waals surface area contributed by atoms with Gasteiger partial charge in [-0.15, -0.1) is 5.10 Å². The quantitative estimate of drug-likeness (QED) is 0.704. The normalized spacial score (nSPS) is 13.0. The van der Waals surface area contributed by atoms with E-state index in [-0.39, 0.29) is 5.76 Å². The number of furan rings is 1. The number of fused-ring (bicyclic) bond motifs is 1. The van der Waals surface area contributed by atoms with E-state index in [2.05, 4.69) is 15.8 Å². The van der Waals surface area contributed by atoms with Crippen molar-refractivity contribution >= 4 is 33.4 Å². The first-order valence-corrected chi connectivity index (χ1v) is 8.10. The predicted octanol–water partition coefficient (Wildman–Crippen LogP) is 1.58. The van der Waals surface area contributed by atoms with Gasteiger partial charge in [-0.3, -0.25) is 9.59 Å². The van der Waals surface area contributed by atoms with Gasteiger partial charge in [0.2, 0.25) is 4.80 Å². The van der Waals surface area contributed by atoms with Crippen molar-refractivity contribution in [3.05, 3.63) is 53.2 Å². The summed E-state index contributed by atoms with van der Waals surface area (Å²) >= 11 is 1.47. The summed E-state index contributed by atoms with van der Waals surface area (Å²) in [6, 6.07) is 10.3. The molecule has 0 saturated heterocycles. The summed E-state index contributed by atoms with van der Waals surface area (Å²) < 4.78 is 7.96. The van der Waals surface area contributed by atoms with E-state index in [4.69, 9.17) is 4.42 Å². The second-order valence-corrected chi connectivity index (χ2v) is 6.18. The van der Waals surface area contributed by atoms with E-state index < -0.39 is 17.9 Å². The maximum Gasteiger partial charge on any atom is 0.287 e. The number of amides is 2. The molecule has 0 fully saturated rings. The Balaban J connectivity index is 1.69. The van der Waals surface area contributed by atoms with Gasteiger partial charge in [0.05, 0.1) is 16.5 Å². The van der Waals surface area contributed by atoms with E-state index in [1.807, 2.05) is 35.9 Å². The van der Waals surface area contributed by atoms with E-state index in [9.17, 15) is 9.59 Å². The van der Waals surface area contributed by atoms with Gasteiger partial charge in [0.25, 0.3) is 11.8 Å². The third-order valence-electron chi connectivity index (χ3n) is 3.46. The number of rotatable bonds is 4. The minimum Gasteiger partial charge on any atom is -0.459 e. The van der Waals surface area contributed by atoms with Gasteiger partial charge in [-0.25, -0.2) is 5.43 Å². The molecular formula is C16H16N4O3S. The number of carbonyl (C=O) groups is 2. The van der Waals surface area contributed by atoms with E-state index in [1.54, 1.807) is 13.0 Å². The number of hydrogen-bond acceptors (Lipinski definition) is 5. The van der Waals surface area contributed by atoms with Crippen molar-refractivity contribution < 1.29 is 14.0 Å². The average molecular weight is 344 g/mol. The summed E-state index contributed by atoms with van der Waals surface area (Å²) in [6.45, 7) is 1.58. The highest BCUT2D eigenvalue weighted by Gasteiger charge is 2.17. The Morgan fingerprint density at radius 3 is 2.75 bits per heavy atom. The van der Waals surface area contributed by atoms with Gasteiger partial charge >= 0.3 is 0 Å². The topological polar surface area (TPSA) is 88.6 Å². The first-order valence-electron chi connectivity index (χ1n) is 7.29. The van der Waals surface area contributed by atoms with Crippen LogP contribution in [0.5, 0.6) is 0 Å². The molecule has 0 saturated carbocycles.